The summed E-state index contributed by atoms with van der Waals surface area (Å²) >= 11 is 0. The Bertz CT molecular complexity index is 934. The fourth-order valence-corrected chi connectivity index (χ4v) is 3.03. The first-order valence-electron chi connectivity index (χ1n) is 8.73. The summed E-state index contributed by atoms with van der Waals surface area (Å²) in [5.41, 5.74) is 2.76. The van der Waals surface area contributed by atoms with E-state index in [0.29, 0.717) is 12.8 Å². The van der Waals surface area contributed by atoms with E-state index >= 15 is 0 Å². The molecule has 3 rings (SSSR count). The smallest absolute Gasteiger partial charge is 0.328 e. The molecule has 0 aliphatic carbocycles. The number of nitrogens with one attached hydrogen (secondary N) is 2. The van der Waals surface area contributed by atoms with E-state index in [1.807, 2.05) is 30.5 Å². The Balaban J connectivity index is 1.65. The number of rotatable bonds is 7. The van der Waals surface area contributed by atoms with Gasteiger partial charge < -0.3 is 15.0 Å². The molecule has 0 bridgehead atoms. The number of benzene rings is 2. The van der Waals surface area contributed by atoms with Gasteiger partial charge in [-0.15, -0.1) is 0 Å². The number of halogens is 1. The quantitative estimate of drug-likeness (QED) is 0.630. The second kappa shape index (κ2) is 8.49. The Kier molecular flexibility index (Phi) is 5.86. The van der Waals surface area contributed by atoms with E-state index in [0.717, 1.165) is 22.0 Å². The molecule has 5 nitrogen and oxygen atoms in total. The lowest BCUT2D eigenvalue weighted by molar-refractivity contribution is -0.145. The second-order valence-electron chi connectivity index (χ2n) is 6.33. The molecule has 140 valence electrons. The molecule has 1 heterocycles. The number of para-hydroxylation sites is 1. The van der Waals surface area contributed by atoms with Gasteiger partial charge in [-0.3, -0.25) is 4.79 Å². The molecule has 1 aromatic heterocycles. The summed E-state index contributed by atoms with van der Waals surface area (Å²) < 4.78 is 17.8. The van der Waals surface area contributed by atoms with Gasteiger partial charge in [0, 0.05) is 29.9 Å². The standard InChI is InChI=1S/C21H21FN2O3/c1-27-21(26)19(12-15-13-23-18-5-3-2-4-17(15)18)24-20(25)11-8-14-6-9-16(22)10-7-14/h2-7,9-10,13,19,23H,8,11-12H2,1H3,(H,24,25). The maximum atomic E-state index is 12.9. The fraction of sp³-hybridized carbons (Fsp3) is 0.238. The SMILES string of the molecule is COC(=O)C(Cc1c[nH]c2ccccc12)NC(=O)CCc1ccc(F)cc1. The number of carbonyl (C=O) groups excluding carboxylic acids is 2. The molecule has 6 heteroatoms. The number of amides is 1. The zero-order valence-electron chi connectivity index (χ0n) is 15.0. The minimum atomic E-state index is -0.769. The maximum absolute atomic E-state index is 12.9. The molecule has 0 aliphatic rings. The first-order chi connectivity index (χ1) is 13.1. The van der Waals surface area contributed by atoms with Crippen molar-refractivity contribution in [2.45, 2.75) is 25.3 Å². The van der Waals surface area contributed by atoms with Crippen LogP contribution in [-0.4, -0.2) is 30.0 Å². The summed E-state index contributed by atoms with van der Waals surface area (Å²) in [5.74, 6) is -1.06. The first kappa shape index (κ1) is 18.6. The predicted molar refractivity (Wildman–Crippen MR) is 101 cm³/mol. The van der Waals surface area contributed by atoms with Gasteiger partial charge in [-0.25, -0.2) is 9.18 Å². The highest BCUT2D eigenvalue weighted by molar-refractivity contribution is 5.87. The van der Waals surface area contributed by atoms with E-state index in [1.165, 1.54) is 19.2 Å². The van der Waals surface area contributed by atoms with Crippen molar-refractivity contribution in [1.82, 2.24) is 10.3 Å². The Morgan fingerprint density at radius 2 is 1.89 bits per heavy atom. The number of carbonyl (C=O) groups is 2. The van der Waals surface area contributed by atoms with E-state index in [4.69, 9.17) is 4.74 Å². The minimum absolute atomic E-state index is 0.201. The van der Waals surface area contributed by atoms with Crippen LogP contribution in [0.15, 0.2) is 54.7 Å². The summed E-state index contributed by atoms with van der Waals surface area (Å²) in [5, 5.41) is 3.76. The molecule has 0 fully saturated rings. The van der Waals surface area contributed by atoms with Crippen LogP contribution in [0.5, 0.6) is 0 Å². The zero-order valence-corrected chi connectivity index (χ0v) is 15.0. The third kappa shape index (κ3) is 4.73. The Morgan fingerprint density at radius 1 is 1.15 bits per heavy atom. The van der Waals surface area contributed by atoms with E-state index < -0.39 is 12.0 Å². The van der Waals surface area contributed by atoms with Crippen LogP contribution < -0.4 is 5.32 Å². The number of methoxy groups -OCH3 is 1. The Hall–Kier alpha value is -3.15. The number of fused-ring (bicyclic) bond motifs is 1. The topological polar surface area (TPSA) is 71.2 Å². The van der Waals surface area contributed by atoms with Crippen LogP contribution in [0.2, 0.25) is 0 Å². The third-order valence-electron chi connectivity index (χ3n) is 4.47. The molecule has 0 radical (unpaired) electrons. The minimum Gasteiger partial charge on any atom is -0.467 e. The van der Waals surface area contributed by atoms with Crippen LogP contribution in [0.4, 0.5) is 4.39 Å². The van der Waals surface area contributed by atoms with Crippen molar-refractivity contribution >= 4 is 22.8 Å². The van der Waals surface area contributed by atoms with Gasteiger partial charge in [0.25, 0.3) is 0 Å². The predicted octanol–water partition coefficient (Wildman–Crippen LogP) is 3.14. The molecule has 1 unspecified atom stereocenters. The van der Waals surface area contributed by atoms with Gasteiger partial charge in [0.05, 0.1) is 7.11 Å². The molecule has 1 amide bonds. The lowest BCUT2D eigenvalue weighted by Gasteiger charge is -2.16. The number of H-pyrrole nitrogens is 1. The summed E-state index contributed by atoms with van der Waals surface area (Å²) in [4.78, 5) is 27.6. The number of aryl methyl sites for hydroxylation is 1. The molecular formula is C21H21FN2O3. The second-order valence-corrected chi connectivity index (χ2v) is 6.33. The largest absolute Gasteiger partial charge is 0.467 e. The summed E-state index contributed by atoms with van der Waals surface area (Å²) in [6.07, 6.45) is 2.84. The molecule has 27 heavy (non-hydrogen) atoms. The lowest BCUT2D eigenvalue weighted by Crippen LogP contribution is -2.43. The molecule has 1 atom stereocenters. The van der Waals surface area contributed by atoms with Gasteiger partial charge in [-0.1, -0.05) is 30.3 Å². The number of aromatic amines is 1. The van der Waals surface area contributed by atoms with Crippen LogP contribution in [0.1, 0.15) is 17.5 Å². The normalized spacial score (nSPS) is 11.9. The molecule has 0 saturated carbocycles. The number of ether oxygens (including phenoxy) is 1. The van der Waals surface area contributed by atoms with Crippen molar-refractivity contribution in [2.24, 2.45) is 0 Å². The van der Waals surface area contributed by atoms with Gasteiger partial charge in [0.15, 0.2) is 0 Å². The molecule has 2 aromatic carbocycles. The average molecular weight is 368 g/mol. The molecular weight excluding hydrogens is 347 g/mol. The molecule has 0 saturated heterocycles. The molecule has 0 spiro atoms. The highest BCUT2D eigenvalue weighted by Crippen LogP contribution is 2.19. The fourth-order valence-electron chi connectivity index (χ4n) is 3.03. The van der Waals surface area contributed by atoms with E-state index in [9.17, 15) is 14.0 Å². The zero-order chi connectivity index (χ0) is 19.2. The van der Waals surface area contributed by atoms with E-state index in [-0.39, 0.29) is 18.1 Å². The molecule has 3 aromatic rings. The van der Waals surface area contributed by atoms with Crippen LogP contribution in [0.25, 0.3) is 10.9 Å². The monoisotopic (exact) mass is 368 g/mol. The van der Waals surface area contributed by atoms with Crippen molar-refractivity contribution in [3.63, 3.8) is 0 Å². The van der Waals surface area contributed by atoms with E-state index in [2.05, 4.69) is 10.3 Å². The number of hydrogen-bond donors (Lipinski definition) is 2. The van der Waals surface area contributed by atoms with Gasteiger partial charge in [0.2, 0.25) is 5.91 Å². The number of esters is 1. The van der Waals surface area contributed by atoms with Crippen LogP contribution in [0, 0.1) is 5.82 Å². The Morgan fingerprint density at radius 3 is 2.63 bits per heavy atom. The maximum Gasteiger partial charge on any atom is 0.328 e. The summed E-state index contributed by atoms with van der Waals surface area (Å²) in [7, 11) is 1.30. The van der Waals surface area contributed by atoms with Gasteiger partial charge >= 0.3 is 5.97 Å². The number of aromatic nitrogens is 1. The molecule has 0 aliphatic heterocycles. The Labute approximate surface area is 156 Å². The van der Waals surface area contributed by atoms with Crippen molar-refractivity contribution < 1.29 is 18.7 Å². The van der Waals surface area contributed by atoms with E-state index in [1.54, 1.807) is 12.1 Å². The van der Waals surface area contributed by atoms with Crippen molar-refractivity contribution in [3.8, 4) is 0 Å². The van der Waals surface area contributed by atoms with Gasteiger partial charge in [0.1, 0.15) is 11.9 Å². The highest BCUT2D eigenvalue weighted by atomic mass is 19.1. The van der Waals surface area contributed by atoms with Crippen LogP contribution in [-0.2, 0) is 27.2 Å². The van der Waals surface area contributed by atoms with Gasteiger partial charge in [-0.05, 0) is 35.7 Å². The summed E-state index contributed by atoms with van der Waals surface area (Å²) in [6.45, 7) is 0. The number of hydrogen-bond acceptors (Lipinski definition) is 3. The highest BCUT2D eigenvalue weighted by Gasteiger charge is 2.23. The van der Waals surface area contributed by atoms with Gasteiger partial charge in [-0.2, -0.15) is 0 Å². The first-order valence-corrected chi connectivity index (χ1v) is 8.73. The van der Waals surface area contributed by atoms with Crippen LogP contribution >= 0.6 is 0 Å². The molecule has 2 N–H and O–H groups in total. The lowest BCUT2D eigenvalue weighted by atomic mass is 10.0. The third-order valence-corrected chi connectivity index (χ3v) is 4.47. The van der Waals surface area contributed by atoms with Crippen molar-refractivity contribution in [1.29, 1.82) is 0 Å². The van der Waals surface area contributed by atoms with Crippen LogP contribution in [0.3, 0.4) is 0 Å². The average Bonchev–Trinajstić information content (AvgIpc) is 3.09. The van der Waals surface area contributed by atoms with Crippen molar-refractivity contribution in [2.75, 3.05) is 7.11 Å². The summed E-state index contributed by atoms with van der Waals surface area (Å²) in [6, 6.07) is 13.0. The van der Waals surface area contributed by atoms with Crippen molar-refractivity contribution in [3.05, 3.63) is 71.7 Å².